The summed E-state index contributed by atoms with van der Waals surface area (Å²) in [5.74, 6) is -1.60. The quantitative estimate of drug-likeness (QED) is 0.553. The lowest BCUT2D eigenvalue weighted by Crippen LogP contribution is -2.39. The van der Waals surface area contributed by atoms with Gasteiger partial charge in [0.15, 0.2) is 5.76 Å². The highest BCUT2D eigenvalue weighted by molar-refractivity contribution is 7.96. The first-order chi connectivity index (χ1) is 16.3. The predicted octanol–water partition coefficient (Wildman–Crippen LogP) is 5.01. The van der Waals surface area contributed by atoms with E-state index in [9.17, 15) is 18.1 Å². The molecule has 2 heterocycles. The third-order valence-electron chi connectivity index (χ3n) is 5.81. The molecule has 0 bridgehead atoms. The Hall–Kier alpha value is -3.80. The topological polar surface area (TPSA) is 96.4 Å². The Balaban J connectivity index is 1.77. The average Bonchev–Trinajstić information content (AvgIpc) is 2.82. The number of nitrogens with two attached hydrogens (primary N) is 1. The van der Waals surface area contributed by atoms with Crippen LogP contribution in [0.25, 0.3) is 5.76 Å². The molecule has 2 aliphatic rings. The molecule has 0 spiro atoms. The zero-order valence-electron chi connectivity index (χ0n) is 17.6. The number of allylic oxidation sites excluding steroid dienone is 2. The van der Waals surface area contributed by atoms with E-state index in [1.165, 1.54) is 28.6 Å². The normalized spacial score (nSPS) is 18.6. The summed E-state index contributed by atoms with van der Waals surface area (Å²) < 4.78 is 48.8. The minimum Gasteiger partial charge on any atom is -0.439 e. The summed E-state index contributed by atoms with van der Waals surface area (Å²) in [4.78, 5) is -0.118. The van der Waals surface area contributed by atoms with Gasteiger partial charge in [-0.2, -0.15) is 5.26 Å². The van der Waals surface area contributed by atoms with Crippen LogP contribution < -0.4 is 10.0 Å². The van der Waals surface area contributed by atoms with Crippen molar-refractivity contribution in [2.24, 2.45) is 5.73 Å². The summed E-state index contributed by atoms with van der Waals surface area (Å²) in [6.45, 7) is -0.0489. The minimum atomic E-state index is -4.23. The van der Waals surface area contributed by atoms with Crippen LogP contribution in [0, 0.1) is 17.1 Å². The zero-order valence-corrected chi connectivity index (χ0v) is 19.1. The maximum Gasteiger partial charge on any atom is 0.265 e. The van der Waals surface area contributed by atoms with Gasteiger partial charge in [-0.25, -0.2) is 12.8 Å². The van der Waals surface area contributed by atoms with Gasteiger partial charge in [0.1, 0.15) is 22.4 Å². The third kappa shape index (κ3) is 3.41. The highest BCUT2D eigenvalue weighted by Crippen LogP contribution is 2.52. The number of ether oxygens (including phenoxy) is 1. The van der Waals surface area contributed by atoms with E-state index in [-0.39, 0.29) is 28.7 Å². The number of nitrogens with zero attached hydrogens (tertiary/aromatic N) is 2. The van der Waals surface area contributed by atoms with E-state index in [0.29, 0.717) is 27.4 Å². The highest BCUT2D eigenvalue weighted by Gasteiger charge is 2.47. The van der Waals surface area contributed by atoms with E-state index in [1.807, 2.05) is 6.07 Å². The molecule has 9 heteroatoms. The molecular formula is C25H17ClFN3O3S. The van der Waals surface area contributed by atoms with E-state index >= 15 is 0 Å². The Bertz CT molecular complexity index is 1530. The number of fused-ring (bicyclic) bond motifs is 2. The first-order valence-electron chi connectivity index (χ1n) is 10.3. The summed E-state index contributed by atoms with van der Waals surface area (Å²) in [6, 6.07) is 21.2. The maximum absolute atomic E-state index is 14.1. The van der Waals surface area contributed by atoms with Crippen molar-refractivity contribution >= 4 is 33.1 Å². The molecule has 0 saturated heterocycles. The zero-order chi connectivity index (χ0) is 24.0. The van der Waals surface area contributed by atoms with Crippen LogP contribution in [0.15, 0.2) is 89.2 Å². The number of sulfonamides is 1. The molecule has 3 aromatic rings. The predicted molar refractivity (Wildman–Crippen MR) is 127 cm³/mol. The van der Waals surface area contributed by atoms with Gasteiger partial charge in [0.05, 0.1) is 18.2 Å². The number of rotatable bonds is 3. The molecule has 0 aliphatic carbocycles. The van der Waals surface area contributed by atoms with E-state index < -0.39 is 21.8 Å². The second kappa shape index (κ2) is 8.20. The average molecular weight is 494 g/mol. The number of para-hydroxylation sites is 1. The molecule has 0 amide bonds. The number of halogens is 2. The molecular weight excluding hydrogens is 477 g/mol. The Morgan fingerprint density at radius 2 is 1.74 bits per heavy atom. The molecule has 0 radical (unpaired) electrons. The van der Waals surface area contributed by atoms with Crippen molar-refractivity contribution < 1.29 is 17.5 Å². The Morgan fingerprint density at radius 1 is 1.06 bits per heavy atom. The van der Waals surface area contributed by atoms with Crippen molar-refractivity contribution in [1.82, 2.24) is 0 Å². The molecule has 34 heavy (non-hydrogen) atoms. The molecule has 0 saturated carbocycles. The van der Waals surface area contributed by atoms with Crippen LogP contribution in [0.5, 0.6) is 0 Å². The fourth-order valence-electron chi connectivity index (χ4n) is 4.26. The van der Waals surface area contributed by atoms with Gasteiger partial charge in [-0.3, -0.25) is 4.31 Å². The van der Waals surface area contributed by atoms with Gasteiger partial charge in [0.2, 0.25) is 5.88 Å². The molecule has 0 unspecified atom stereocenters. The standard InChI is InChI=1S/C25H17ClFN3O3S/c26-20-7-3-1-5-17(20)22-19(13-28)25(29)33-23-18-6-2-4-8-21(18)30(34(31,32)24(22)23)14-15-9-11-16(27)12-10-15/h1-12,22H,14,29H2/t22-/m1/s1. The van der Waals surface area contributed by atoms with Crippen LogP contribution >= 0.6 is 11.6 Å². The van der Waals surface area contributed by atoms with Gasteiger partial charge in [-0.05, 0) is 41.5 Å². The Morgan fingerprint density at radius 3 is 2.44 bits per heavy atom. The van der Waals surface area contributed by atoms with E-state index in [2.05, 4.69) is 0 Å². The summed E-state index contributed by atoms with van der Waals surface area (Å²) in [6.07, 6.45) is 0. The molecule has 170 valence electrons. The summed E-state index contributed by atoms with van der Waals surface area (Å²) in [7, 11) is -4.23. The lowest BCUT2D eigenvalue weighted by molar-refractivity contribution is 0.357. The van der Waals surface area contributed by atoms with Gasteiger partial charge < -0.3 is 10.5 Å². The lowest BCUT2D eigenvalue weighted by Gasteiger charge is -2.38. The lowest BCUT2D eigenvalue weighted by atomic mass is 9.88. The number of hydrogen-bond acceptors (Lipinski definition) is 5. The first kappa shape index (κ1) is 22.0. The van der Waals surface area contributed by atoms with Gasteiger partial charge in [0, 0.05) is 10.6 Å². The van der Waals surface area contributed by atoms with Crippen LogP contribution in [0.1, 0.15) is 22.6 Å². The fraction of sp³-hybridized carbons (Fsp3) is 0.0800. The molecule has 2 N–H and O–H groups in total. The molecule has 2 aliphatic heterocycles. The van der Waals surface area contributed by atoms with Crippen LogP contribution in [-0.4, -0.2) is 8.42 Å². The van der Waals surface area contributed by atoms with Gasteiger partial charge in [-0.1, -0.05) is 54.1 Å². The number of nitriles is 1. The second-order valence-corrected chi connectivity index (χ2v) is 10.0. The van der Waals surface area contributed by atoms with Crippen molar-refractivity contribution in [2.45, 2.75) is 12.5 Å². The Kier molecular flexibility index (Phi) is 5.31. The monoisotopic (exact) mass is 493 g/mol. The van der Waals surface area contributed by atoms with E-state index in [4.69, 9.17) is 22.1 Å². The largest absolute Gasteiger partial charge is 0.439 e. The van der Waals surface area contributed by atoms with Crippen molar-refractivity contribution in [1.29, 1.82) is 5.26 Å². The van der Waals surface area contributed by atoms with Crippen LogP contribution in [0.3, 0.4) is 0 Å². The second-order valence-electron chi connectivity index (χ2n) is 7.79. The van der Waals surface area contributed by atoms with E-state index in [1.54, 1.807) is 48.5 Å². The van der Waals surface area contributed by atoms with Gasteiger partial charge >= 0.3 is 0 Å². The van der Waals surface area contributed by atoms with Gasteiger partial charge in [0.25, 0.3) is 10.0 Å². The summed E-state index contributed by atoms with van der Waals surface area (Å²) in [5, 5.41) is 10.2. The third-order valence-corrected chi connectivity index (χ3v) is 8.04. The molecule has 0 fully saturated rings. The number of anilines is 1. The van der Waals surface area contributed by atoms with Crippen LogP contribution in [0.2, 0.25) is 5.02 Å². The first-order valence-corrected chi connectivity index (χ1v) is 12.1. The molecule has 5 rings (SSSR count). The maximum atomic E-state index is 14.1. The van der Waals surface area contributed by atoms with E-state index in [0.717, 1.165) is 0 Å². The fourth-order valence-corrected chi connectivity index (χ4v) is 6.40. The smallest absolute Gasteiger partial charge is 0.265 e. The van der Waals surface area contributed by atoms with Crippen molar-refractivity contribution in [3.05, 3.63) is 117 Å². The van der Waals surface area contributed by atoms with Crippen molar-refractivity contribution in [3.63, 3.8) is 0 Å². The molecule has 1 atom stereocenters. The molecule has 6 nitrogen and oxygen atoms in total. The van der Waals surface area contributed by atoms with Crippen molar-refractivity contribution in [3.8, 4) is 6.07 Å². The Labute approximate surface area is 201 Å². The van der Waals surface area contributed by atoms with Crippen LogP contribution in [-0.2, 0) is 21.3 Å². The van der Waals surface area contributed by atoms with Gasteiger partial charge in [-0.15, -0.1) is 0 Å². The van der Waals surface area contributed by atoms with Crippen LogP contribution in [0.4, 0.5) is 10.1 Å². The SMILES string of the molecule is N#CC1=C(N)OC2=C([C@@H]1c1ccccc1Cl)S(=O)(=O)N(Cc1ccc(F)cc1)c1ccccc12. The minimum absolute atomic E-state index is 0.0449. The van der Waals surface area contributed by atoms with Crippen molar-refractivity contribution in [2.75, 3.05) is 4.31 Å². The highest BCUT2D eigenvalue weighted by atomic mass is 35.5. The number of hydrogen-bond donors (Lipinski definition) is 1. The summed E-state index contributed by atoms with van der Waals surface area (Å²) >= 11 is 6.45. The summed E-state index contributed by atoms with van der Waals surface area (Å²) in [5.41, 5.74) is 7.96. The molecule has 0 aromatic heterocycles. The number of benzene rings is 3. The molecule has 3 aromatic carbocycles.